The maximum atomic E-state index is 10.9. The minimum Gasteiger partial charge on any atom is -0.476 e. The molecule has 0 spiro atoms. The number of thiophene rings is 1. The first-order valence-corrected chi connectivity index (χ1v) is 6.59. The van der Waals surface area contributed by atoms with E-state index in [-0.39, 0.29) is 5.69 Å². The molecule has 0 radical (unpaired) electrons. The summed E-state index contributed by atoms with van der Waals surface area (Å²) in [5.41, 5.74) is 0.0382. The number of carboxylic acids is 1. The second-order valence-corrected chi connectivity index (χ2v) is 6.15. The summed E-state index contributed by atoms with van der Waals surface area (Å²) in [6.45, 7) is 0. The van der Waals surface area contributed by atoms with Gasteiger partial charge in [0.15, 0.2) is 9.61 Å². The zero-order chi connectivity index (χ0) is 11.0. The van der Waals surface area contributed by atoms with Gasteiger partial charge in [-0.2, -0.15) is 0 Å². The number of halogens is 2. The first kappa shape index (κ1) is 11.1. The fraction of sp³-hybridized carbons (Fsp3) is 0. The van der Waals surface area contributed by atoms with Crippen molar-refractivity contribution in [3.63, 3.8) is 0 Å². The maximum absolute atomic E-state index is 10.9. The fourth-order valence-corrected chi connectivity index (χ4v) is 3.86. The van der Waals surface area contributed by atoms with Crippen LogP contribution >= 0.6 is 50.2 Å². The van der Waals surface area contributed by atoms with Crippen molar-refractivity contribution in [3.05, 3.63) is 26.1 Å². The normalized spacial score (nSPS) is 10.5. The molecular formula is C8H3BrClNO2S2. The van der Waals surface area contributed by atoms with Gasteiger partial charge in [-0.1, -0.05) is 11.6 Å². The first-order valence-electron chi connectivity index (χ1n) is 3.72. The van der Waals surface area contributed by atoms with E-state index in [4.69, 9.17) is 16.7 Å². The quantitative estimate of drug-likeness (QED) is 0.909. The third-order valence-electron chi connectivity index (χ3n) is 1.63. The first-order chi connectivity index (χ1) is 7.09. The van der Waals surface area contributed by atoms with E-state index < -0.39 is 5.97 Å². The molecule has 15 heavy (non-hydrogen) atoms. The molecule has 2 rings (SSSR count). The lowest BCUT2D eigenvalue weighted by atomic mass is 10.3. The molecule has 0 fully saturated rings. The number of nitrogens with zero attached hydrogens (tertiary/aromatic N) is 1. The lowest BCUT2D eigenvalue weighted by molar-refractivity contribution is 0.0692. The second kappa shape index (κ2) is 4.21. The molecule has 0 atom stereocenters. The van der Waals surface area contributed by atoms with Crippen LogP contribution in [0.15, 0.2) is 15.4 Å². The largest absolute Gasteiger partial charge is 0.476 e. The molecule has 0 amide bonds. The zero-order valence-electron chi connectivity index (χ0n) is 7.03. The number of aromatic carboxylic acids is 1. The Morgan fingerprint density at radius 2 is 2.27 bits per heavy atom. The molecule has 0 unspecified atom stereocenters. The van der Waals surface area contributed by atoms with Crippen LogP contribution in [0.2, 0.25) is 5.02 Å². The Labute approximate surface area is 106 Å². The van der Waals surface area contributed by atoms with Gasteiger partial charge in [-0.05, 0) is 27.4 Å². The smallest absolute Gasteiger partial charge is 0.356 e. The van der Waals surface area contributed by atoms with Crippen molar-refractivity contribution in [2.45, 2.75) is 0 Å². The van der Waals surface area contributed by atoms with E-state index >= 15 is 0 Å². The van der Waals surface area contributed by atoms with E-state index in [0.717, 1.165) is 4.88 Å². The molecule has 2 aromatic heterocycles. The monoisotopic (exact) mass is 323 g/mol. The molecule has 78 valence electrons. The Hall–Kier alpha value is -0.430. The lowest BCUT2D eigenvalue weighted by Crippen LogP contribution is -1.97. The summed E-state index contributed by atoms with van der Waals surface area (Å²) in [5, 5.41) is 11.3. The molecule has 0 aromatic carbocycles. The highest BCUT2D eigenvalue weighted by Gasteiger charge is 2.20. The van der Waals surface area contributed by atoms with Crippen molar-refractivity contribution in [2.24, 2.45) is 0 Å². The minimum atomic E-state index is -1.04. The van der Waals surface area contributed by atoms with Crippen LogP contribution in [-0.2, 0) is 0 Å². The summed E-state index contributed by atoms with van der Waals surface area (Å²) in [6, 6.07) is 1.74. The van der Waals surface area contributed by atoms with E-state index in [9.17, 15) is 4.79 Å². The Balaban J connectivity index is 2.62. The Morgan fingerprint density at radius 1 is 1.53 bits per heavy atom. The van der Waals surface area contributed by atoms with Crippen molar-refractivity contribution >= 4 is 56.2 Å². The van der Waals surface area contributed by atoms with Gasteiger partial charge in [0.1, 0.15) is 0 Å². The average Bonchev–Trinajstić information content (AvgIpc) is 2.71. The molecule has 0 bridgehead atoms. The Morgan fingerprint density at radius 3 is 2.80 bits per heavy atom. The Kier molecular flexibility index (Phi) is 3.11. The summed E-state index contributed by atoms with van der Waals surface area (Å²) >= 11 is 11.8. The van der Waals surface area contributed by atoms with Gasteiger partial charge in [-0.3, -0.25) is 0 Å². The SMILES string of the molecule is O=C(O)c1nc(Br)sc1-c1sccc1Cl. The lowest BCUT2D eigenvalue weighted by Gasteiger charge is -1.94. The van der Waals surface area contributed by atoms with Gasteiger partial charge in [-0.15, -0.1) is 22.7 Å². The molecule has 1 N–H and O–H groups in total. The predicted molar refractivity (Wildman–Crippen MR) is 65.1 cm³/mol. The number of hydrogen-bond acceptors (Lipinski definition) is 4. The molecule has 0 aliphatic carbocycles. The molecule has 0 aliphatic rings. The van der Waals surface area contributed by atoms with Crippen LogP contribution in [0.5, 0.6) is 0 Å². The van der Waals surface area contributed by atoms with Crippen molar-refractivity contribution in [1.82, 2.24) is 4.98 Å². The van der Waals surface area contributed by atoms with Crippen LogP contribution in [0.4, 0.5) is 0 Å². The molecule has 7 heteroatoms. The number of aromatic nitrogens is 1. The second-order valence-electron chi connectivity index (χ2n) is 2.55. The van der Waals surface area contributed by atoms with Gasteiger partial charge in [-0.25, -0.2) is 9.78 Å². The molecule has 0 saturated heterocycles. The number of carbonyl (C=O) groups is 1. The van der Waals surface area contributed by atoms with Gasteiger partial charge in [0.2, 0.25) is 0 Å². The van der Waals surface area contributed by atoms with E-state index in [2.05, 4.69) is 20.9 Å². The molecular weight excluding hydrogens is 322 g/mol. The van der Waals surface area contributed by atoms with Gasteiger partial charge in [0.25, 0.3) is 0 Å². The number of carboxylic acid groups (broad SMARTS) is 1. The molecule has 0 saturated carbocycles. The van der Waals surface area contributed by atoms with Crippen LogP contribution in [0.3, 0.4) is 0 Å². The number of hydrogen-bond donors (Lipinski definition) is 1. The minimum absolute atomic E-state index is 0.0382. The van der Waals surface area contributed by atoms with Crippen LogP contribution < -0.4 is 0 Å². The summed E-state index contributed by atoms with van der Waals surface area (Å²) in [6.07, 6.45) is 0. The highest BCUT2D eigenvalue weighted by molar-refractivity contribution is 9.11. The highest BCUT2D eigenvalue weighted by atomic mass is 79.9. The van der Waals surface area contributed by atoms with Crippen molar-refractivity contribution in [3.8, 4) is 9.75 Å². The van der Waals surface area contributed by atoms with E-state index in [1.165, 1.54) is 22.7 Å². The summed E-state index contributed by atoms with van der Waals surface area (Å²) in [7, 11) is 0. The summed E-state index contributed by atoms with van der Waals surface area (Å²) in [4.78, 5) is 16.2. The fourth-order valence-electron chi connectivity index (χ4n) is 1.05. The van der Waals surface area contributed by atoms with Gasteiger partial charge in [0.05, 0.1) is 14.8 Å². The Bertz CT molecular complexity index is 522. The van der Waals surface area contributed by atoms with E-state index in [1.807, 2.05) is 5.38 Å². The molecule has 2 aromatic rings. The van der Waals surface area contributed by atoms with Crippen molar-refractivity contribution in [1.29, 1.82) is 0 Å². The van der Waals surface area contributed by atoms with E-state index in [1.54, 1.807) is 6.07 Å². The third kappa shape index (κ3) is 2.08. The average molecular weight is 325 g/mol. The third-order valence-corrected chi connectivity index (χ3v) is 4.64. The van der Waals surface area contributed by atoms with Crippen LogP contribution in [0.1, 0.15) is 10.5 Å². The molecule has 3 nitrogen and oxygen atoms in total. The maximum Gasteiger partial charge on any atom is 0.356 e. The predicted octanol–water partition coefficient (Wildman–Crippen LogP) is 3.99. The topological polar surface area (TPSA) is 50.2 Å². The molecule has 2 heterocycles. The highest BCUT2D eigenvalue weighted by Crippen LogP contribution is 2.40. The van der Waals surface area contributed by atoms with Crippen LogP contribution in [0, 0.1) is 0 Å². The van der Waals surface area contributed by atoms with Crippen molar-refractivity contribution < 1.29 is 9.90 Å². The van der Waals surface area contributed by atoms with E-state index in [0.29, 0.717) is 13.8 Å². The van der Waals surface area contributed by atoms with Crippen LogP contribution in [0.25, 0.3) is 9.75 Å². The summed E-state index contributed by atoms with van der Waals surface area (Å²) < 4.78 is 0.541. The van der Waals surface area contributed by atoms with Gasteiger partial charge >= 0.3 is 5.97 Å². The van der Waals surface area contributed by atoms with Crippen LogP contribution in [-0.4, -0.2) is 16.1 Å². The van der Waals surface area contributed by atoms with Gasteiger partial charge in [0, 0.05) is 0 Å². The standard InChI is InChI=1S/C8H3BrClNO2S2/c9-8-11-4(7(12)13)6(15-8)5-3(10)1-2-14-5/h1-2H,(H,12,13). The molecule has 0 aliphatic heterocycles. The zero-order valence-corrected chi connectivity index (χ0v) is 11.0. The number of rotatable bonds is 2. The van der Waals surface area contributed by atoms with Gasteiger partial charge < -0.3 is 5.11 Å². The van der Waals surface area contributed by atoms with Crippen molar-refractivity contribution in [2.75, 3.05) is 0 Å². The number of thiazole rings is 1. The summed E-state index contributed by atoms with van der Waals surface area (Å²) in [5.74, 6) is -1.04.